The highest BCUT2D eigenvalue weighted by Crippen LogP contribution is 2.30. The predicted octanol–water partition coefficient (Wildman–Crippen LogP) is 6.34. The van der Waals surface area contributed by atoms with Crippen molar-refractivity contribution in [3.05, 3.63) is 66.9 Å². The molecule has 1 aromatic heterocycles. The standard InChI is InChI=1S/C17H12Cl2N2OS2/c1-10-8-12(19)4-7-14(10)20-9-15-16(22)21(17(23)24-15)13-5-2-11(18)3-6-13/h2-9,22H,1H3. The van der Waals surface area contributed by atoms with E-state index in [-0.39, 0.29) is 5.88 Å². The molecule has 3 aromatic rings. The second kappa shape index (κ2) is 7.07. The molecule has 0 spiro atoms. The molecule has 0 saturated carbocycles. The van der Waals surface area contributed by atoms with E-state index in [2.05, 4.69) is 4.99 Å². The second-order valence-corrected chi connectivity index (χ2v) is 7.61. The third-order valence-corrected chi connectivity index (χ3v) is 5.16. The van der Waals surface area contributed by atoms with Crippen molar-refractivity contribution >= 4 is 58.7 Å². The van der Waals surface area contributed by atoms with E-state index < -0.39 is 0 Å². The van der Waals surface area contributed by atoms with E-state index in [9.17, 15) is 5.11 Å². The van der Waals surface area contributed by atoms with Crippen LogP contribution in [0.1, 0.15) is 10.4 Å². The molecule has 0 atom stereocenters. The quantitative estimate of drug-likeness (QED) is 0.415. The van der Waals surface area contributed by atoms with E-state index in [0.717, 1.165) is 16.9 Å². The van der Waals surface area contributed by atoms with Crippen molar-refractivity contribution in [1.29, 1.82) is 0 Å². The monoisotopic (exact) mass is 394 g/mol. The van der Waals surface area contributed by atoms with E-state index in [0.29, 0.717) is 18.9 Å². The van der Waals surface area contributed by atoms with Crippen LogP contribution < -0.4 is 0 Å². The van der Waals surface area contributed by atoms with Crippen LogP contribution >= 0.6 is 46.8 Å². The van der Waals surface area contributed by atoms with Gasteiger partial charge in [0.25, 0.3) is 0 Å². The van der Waals surface area contributed by atoms with Gasteiger partial charge in [0.2, 0.25) is 5.88 Å². The maximum atomic E-state index is 10.5. The Hall–Kier alpha value is -1.66. The van der Waals surface area contributed by atoms with E-state index in [4.69, 9.17) is 35.4 Å². The Morgan fingerprint density at radius 2 is 1.79 bits per heavy atom. The lowest BCUT2D eigenvalue weighted by Crippen LogP contribution is -1.93. The zero-order chi connectivity index (χ0) is 17.3. The normalized spacial score (nSPS) is 11.3. The first-order chi connectivity index (χ1) is 11.5. The Morgan fingerprint density at radius 3 is 2.46 bits per heavy atom. The molecule has 0 amide bonds. The molecule has 0 aliphatic heterocycles. The fraction of sp³-hybridized carbons (Fsp3) is 0.0588. The highest BCUT2D eigenvalue weighted by Gasteiger charge is 2.12. The lowest BCUT2D eigenvalue weighted by molar-refractivity contribution is 0.441. The van der Waals surface area contributed by atoms with Crippen LogP contribution in [0, 0.1) is 10.9 Å². The Labute approximate surface area is 158 Å². The highest BCUT2D eigenvalue weighted by molar-refractivity contribution is 7.73. The molecule has 0 saturated heterocycles. The summed E-state index contributed by atoms with van der Waals surface area (Å²) < 4.78 is 2.12. The summed E-state index contributed by atoms with van der Waals surface area (Å²) in [4.78, 5) is 5.01. The summed E-state index contributed by atoms with van der Waals surface area (Å²) in [6.07, 6.45) is 1.61. The van der Waals surface area contributed by atoms with Gasteiger partial charge >= 0.3 is 0 Å². The highest BCUT2D eigenvalue weighted by atomic mass is 35.5. The molecular formula is C17H12Cl2N2OS2. The topological polar surface area (TPSA) is 37.5 Å². The first kappa shape index (κ1) is 17.2. The minimum atomic E-state index is 0.0580. The van der Waals surface area contributed by atoms with Gasteiger partial charge in [0, 0.05) is 10.0 Å². The lowest BCUT2D eigenvalue weighted by Gasteiger charge is -2.04. The molecule has 0 unspecified atom stereocenters. The van der Waals surface area contributed by atoms with Gasteiger partial charge in [0.05, 0.1) is 17.6 Å². The molecule has 0 fully saturated rings. The molecule has 1 heterocycles. The van der Waals surface area contributed by atoms with E-state index >= 15 is 0 Å². The van der Waals surface area contributed by atoms with Crippen LogP contribution in [0.15, 0.2) is 47.5 Å². The predicted molar refractivity (Wildman–Crippen MR) is 105 cm³/mol. The molecule has 0 bridgehead atoms. The number of rotatable bonds is 3. The number of thiazole rings is 1. The van der Waals surface area contributed by atoms with E-state index in [1.54, 1.807) is 41.1 Å². The van der Waals surface area contributed by atoms with Gasteiger partial charge in [0.15, 0.2) is 3.95 Å². The molecule has 0 aliphatic carbocycles. The van der Waals surface area contributed by atoms with Gasteiger partial charge in [-0.15, -0.1) is 0 Å². The van der Waals surface area contributed by atoms with Crippen LogP contribution in [0.4, 0.5) is 5.69 Å². The molecule has 0 radical (unpaired) electrons. The summed E-state index contributed by atoms with van der Waals surface area (Å²) in [5.74, 6) is 0.0580. The maximum Gasteiger partial charge on any atom is 0.216 e. The Balaban J connectivity index is 1.98. The molecular weight excluding hydrogens is 383 g/mol. The van der Waals surface area contributed by atoms with Crippen molar-refractivity contribution in [1.82, 2.24) is 4.57 Å². The number of aryl methyl sites for hydroxylation is 1. The zero-order valence-electron chi connectivity index (χ0n) is 12.5. The largest absolute Gasteiger partial charge is 0.493 e. The van der Waals surface area contributed by atoms with Crippen molar-refractivity contribution in [2.45, 2.75) is 6.92 Å². The maximum absolute atomic E-state index is 10.5. The van der Waals surface area contributed by atoms with Crippen molar-refractivity contribution in [2.75, 3.05) is 0 Å². The second-order valence-electron chi connectivity index (χ2n) is 5.06. The smallest absolute Gasteiger partial charge is 0.216 e. The van der Waals surface area contributed by atoms with Crippen LogP contribution in [0.2, 0.25) is 10.0 Å². The molecule has 24 heavy (non-hydrogen) atoms. The number of hydrogen-bond donors (Lipinski definition) is 1. The molecule has 7 heteroatoms. The van der Waals surface area contributed by atoms with Gasteiger partial charge in [-0.25, -0.2) is 0 Å². The molecule has 2 aromatic carbocycles. The minimum Gasteiger partial charge on any atom is -0.493 e. The fourth-order valence-electron chi connectivity index (χ4n) is 2.18. The van der Waals surface area contributed by atoms with Gasteiger partial charge < -0.3 is 5.11 Å². The van der Waals surface area contributed by atoms with E-state index in [1.165, 1.54) is 11.3 Å². The van der Waals surface area contributed by atoms with Gasteiger partial charge in [-0.3, -0.25) is 9.56 Å². The Kier molecular flexibility index (Phi) is 5.06. The summed E-state index contributed by atoms with van der Waals surface area (Å²) in [6.45, 7) is 1.93. The van der Waals surface area contributed by atoms with Gasteiger partial charge in [-0.2, -0.15) is 0 Å². The molecule has 3 rings (SSSR count). The van der Waals surface area contributed by atoms with Crippen molar-refractivity contribution in [3.63, 3.8) is 0 Å². The molecule has 1 N–H and O–H groups in total. The van der Waals surface area contributed by atoms with Crippen molar-refractivity contribution in [2.24, 2.45) is 4.99 Å². The molecule has 3 nitrogen and oxygen atoms in total. The fourth-order valence-corrected chi connectivity index (χ4v) is 3.75. The number of benzene rings is 2. The lowest BCUT2D eigenvalue weighted by atomic mass is 10.2. The van der Waals surface area contributed by atoms with Crippen molar-refractivity contribution < 1.29 is 5.11 Å². The SMILES string of the molecule is Cc1cc(Cl)ccc1N=Cc1sc(=S)n(-c2ccc(Cl)cc2)c1O. The Bertz CT molecular complexity index is 975. The summed E-state index contributed by atoms with van der Waals surface area (Å²) in [6, 6.07) is 12.6. The number of nitrogens with zero attached hydrogens (tertiary/aromatic N) is 2. The molecule has 122 valence electrons. The number of halogens is 2. The van der Waals surface area contributed by atoms with Crippen LogP contribution in [0.5, 0.6) is 5.88 Å². The summed E-state index contributed by atoms with van der Waals surface area (Å²) in [5.41, 5.74) is 2.50. The summed E-state index contributed by atoms with van der Waals surface area (Å²) in [7, 11) is 0. The van der Waals surface area contributed by atoms with Crippen LogP contribution in [0.3, 0.4) is 0 Å². The average Bonchev–Trinajstić information content (AvgIpc) is 2.82. The number of aliphatic imine (C=N–C) groups is 1. The minimum absolute atomic E-state index is 0.0580. The Morgan fingerprint density at radius 1 is 1.12 bits per heavy atom. The first-order valence-corrected chi connectivity index (χ1v) is 8.95. The number of hydrogen-bond acceptors (Lipinski definition) is 4. The summed E-state index contributed by atoms with van der Waals surface area (Å²) in [5, 5.41) is 11.8. The third kappa shape index (κ3) is 3.54. The van der Waals surface area contributed by atoms with Crippen LogP contribution in [-0.4, -0.2) is 15.9 Å². The number of aromatic nitrogens is 1. The van der Waals surface area contributed by atoms with Gasteiger partial charge in [0.1, 0.15) is 4.88 Å². The number of aromatic hydroxyl groups is 1. The van der Waals surface area contributed by atoms with Crippen LogP contribution in [-0.2, 0) is 0 Å². The first-order valence-electron chi connectivity index (χ1n) is 6.96. The zero-order valence-corrected chi connectivity index (χ0v) is 15.7. The van der Waals surface area contributed by atoms with Crippen molar-refractivity contribution in [3.8, 4) is 11.6 Å². The van der Waals surface area contributed by atoms with Gasteiger partial charge in [-0.05, 0) is 67.2 Å². The van der Waals surface area contributed by atoms with E-state index in [1.807, 2.05) is 19.1 Å². The average molecular weight is 395 g/mol. The van der Waals surface area contributed by atoms with Crippen LogP contribution in [0.25, 0.3) is 5.69 Å². The summed E-state index contributed by atoms with van der Waals surface area (Å²) >= 11 is 18.5. The molecule has 0 aliphatic rings. The van der Waals surface area contributed by atoms with Gasteiger partial charge in [-0.1, -0.05) is 34.5 Å². The third-order valence-electron chi connectivity index (χ3n) is 3.38.